The number of benzene rings is 1. The Hall–Kier alpha value is -1.93. The lowest BCUT2D eigenvalue weighted by atomic mass is 10.3. The van der Waals surface area contributed by atoms with Crippen molar-refractivity contribution in [1.29, 1.82) is 0 Å². The molecular formula is C12H13ClN4O3S. The Bertz CT molecular complexity index is 765. The third-order valence-electron chi connectivity index (χ3n) is 2.42. The highest BCUT2D eigenvalue weighted by molar-refractivity contribution is 7.90. The summed E-state index contributed by atoms with van der Waals surface area (Å²) in [5.41, 5.74) is 0. The zero-order chi connectivity index (χ0) is 15.6. The molecule has 0 atom stereocenters. The van der Waals surface area contributed by atoms with Crippen LogP contribution in [0.2, 0.25) is 5.28 Å². The summed E-state index contributed by atoms with van der Waals surface area (Å²) >= 11 is 5.80. The van der Waals surface area contributed by atoms with Crippen molar-refractivity contribution in [3.8, 4) is 11.8 Å². The number of aromatic nitrogens is 3. The third-order valence-corrected chi connectivity index (χ3v) is 3.70. The summed E-state index contributed by atoms with van der Waals surface area (Å²) in [7, 11) is 0.185. The number of hydrogen-bond acceptors (Lipinski definition) is 7. The van der Waals surface area contributed by atoms with E-state index in [0.29, 0.717) is 11.7 Å². The van der Waals surface area contributed by atoms with Crippen molar-refractivity contribution in [2.45, 2.75) is 4.90 Å². The molecule has 0 aliphatic carbocycles. The first-order chi connectivity index (χ1) is 9.75. The predicted molar refractivity (Wildman–Crippen MR) is 78.8 cm³/mol. The topological polar surface area (TPSA) is 85.3 Å². The molecule has 2 rings (SSSR count). The molecule has 0 saturated heterocycles. The fourth-order valence-electron chi connectivity index (χ4n) is 1.44. The summed E-state index contributed by atoms with van der Waals surface area (Å²) < 4.78 is 28.5. The molecule has 0 saturated carbocycles. The highest BCUT2D eigenvalue weighted by Gasteiger charge is 2.11. The summed E-state index contributed by atoms with van der Waals surface area (Å²) in [6, 6.07) is 6.03. The molecule has 0 spiro atoms. The minimum absolute atomic E-state index is 0.00986. The fourth-order valence-corrected chi connectivity index (χ4v) is 2.25. The Morgan fingerprint density at radius 1 is 1.19 bits per heavy atom. The van der Waals surface area contributed by atoms with Gasteiger partial charge in [-0.05, 0) is 29.8 Å². The smallest absolute Gasteiger partial charge is 0.328 e. The molecule has 0 radical (unpaired) electrons. The van der Waals surface area contributed by atoms with Crippen molar-refractivity contribution in [3.05, 3.63) is 29.5 Å². The number of halogens is 1. The van der Waals surface area contributed by atoms with Crippen molar-refractivity contribution >= 4 is 27.4 Å². The molecule has 0 aliphatic rings. The van der Waals surface area contributed by atoms with Gasteiger partial charge in [-0.1, -0.05) is 6.07 Å². The van der Waals surface area contributed by atoms with E-state index in [-0.39, 0.29) is 16.2 Å². The number of hydrogen-bond donors (Lipinski definition) is 0. The average Bonchev–Trinajstić information content (AvgIpc) is 2.37. The molecular weight excluding hydrogens is 316 g/mol. The van der Waals surface area contributed by atoms with Gasteiger partial charge in [0.05, 0.1) is 4.90 Å². The van der Waals surface area contributed by atoms with E-state index in [1.807, 2.05) is 0 Å². The number of ether oxygens (including phenoxy) is 1. The zero-order valence-electron chi connectivity index (χ0n) is 11.6. The molecule has 0 amide bonds. The Morgan fingerprint density at radius 3 is 2.52 bits per heavy atom. The molecule has 0 unspecified atom stereocenters. The van der Waals surface area contributed by atoms with E-state index in [9.17, 15) is 8.42 Å². The minimum atomic E-state index is -3.31. The van der Waals surface area contributed by atoms with Crippen molar-refractivity contribution in [3.63, 3.8) is 0 Å². The molecule has 0 aliphatic heterocycles. The van der Waals surface area contributed by atoms with Crippen LogP contribution in [0.15, 0.2) is 29.2 Å². The van der Waals surface area contributed by atoms with E-state index in [1.165, 1.54) is 12.1 Å². The van der Waals surface area contributed by atoms with Crippen LogP contribution in [-0.4, -0.2) is 43.7 Å². The molecule has 9 heteroatoms. The van der Waals surface area contributed by atoms with Gasteiger partial charge in [-0.15, -0.1) is 0 Å². The van der Waals surface area contributed by atoms with E-state index in [4.69, 9.17) is 16.3 Å². The molecule has 21 heavy (non-hydrogen) atoms. The first-order valence-corrected chi connectivity index (χ1v) is 8.09. The Kier molecular flexibility index (Phi) is 4.29. The molecule has 1 heterocycles. The van der Waals surface area contributed by atoms with Gasteiger partial charge < -0.3 is 9.64 Å². The molecule has 0 N–H and O–H groups in total. The Morgan fingerprint density at radius 2 is 1.90 bits per heavy atom. The summed E-state index contributed by atoms with van der Waals surface area (Å²) in [5.74, 6) is 0.633. The van der Waals surface area contributed by atoms with Gasteiger partial charge in [0.2, 0.25) is 11.2 Å². The van der Waals surface area contributed by atoms with Gasteiger partial charge in [0.25, 0.3) is 0 Å². The summed E-state index contributed by atoms with van der Waals surface area (Å²) in [4.78, 5) is 13.6. The van der Waals surface area contributed by atoms with Gasteiger partial charge in [0.15, 0.2) is 9.84 Å². The van der Waals surface area contributed by atoms with Crippen LogP contribution < -0.4 is 9.64 Å². The summed E-state index contributed by atoms with van der Waals surface area (Å²) in [6.07, 6.45) is 1.12. The number of nitrogens with zero attached hydrogens (tertiary/aromatic N) is 4. The molecule has 2 aromatic rings. The van der Waals surface area contributed by atoms with E-state index in [0.717, 1.165) is 6.26 Å². The monoisotopic (exact) mass is 328 g/mol. The van der Waals surface area contributed by atoms with Crippen LogP contribution in [0.1, 0.15) is 0 Å². The maximum atomic E-state index is 11.5. The van der Waals surface area contributed by atoms with E-state index < -0.39 is 9.84 Å². The molecule has 1 aromatic carbocycles. The highest BCUT2D eigenvalue weighted by atomic mass is 35.5. The lowest BCUT2D eigenvalue weighted by Crippen LogP contribution is -2.13. The largest absolute Gasteiger partial charge is 0.424 e. The zero-order valence-corrected chi connectivity index (χ0v) is 13.2. The first-order valence-electron chi connectivity index (χ1n) is 5.82. The number of anilines is 1. The second-order valence-corrected chi connectivity index (χ2v) is 6.78. The van der Waals surface area contributed by atoms with Gasteiger partial charge in [-0.25, -0.2) is 8.42 Å². The molecule has 0 fully saturated rings. The normalized spacial score (nSPS) is 11.2. The van der Waals surface area contributed by atoms with Crippen LogP contribution in [0.5, 0.6) is 11.8 Å². The predicted octanol–water partition coefficient (Wildman–Crippen LogP) is 1.79. The van der Waals surface area contributed by atoms with Gasteiger partial charge in [0.1, 0.15) is 5.75 Å². The Balaban J connectivity index is 2.34. The third kappa shape index (κ3) is 4.02. The minimum Gasteiger partial charge on any atom is -0.424 e. The highest BCUT2D eigenvalue weighted by Crippen LogP contribution is 2.23. The van der Waals surface area contributed by atoms with E-state index in [1.54, 1.807) is 31.1 Å². The fraction of sp³-hybridized carbons (Fsp3) is 0.250. The van der Waals surface area contributed by atoms with E-state index in [2.05, 4.69) is 15.0 Å². The summed E-state index contributed by atoms with van der Waals surface area (Å²) in [5, 5.41) is -0.0111. The van der Waals surface area contributed by atoms with Crippen molar-refractivity contribution < 1.29 is 13.2 Å². The summed E-state index contributed by atoms with van der Waals surface area (Å²) in [6.45, 7) is 0. The number of sulfone groups is 1. The maximum Gasteiger partial charge on any atom is 0.328 e. The number of rotatable bonds is 4. The van der Waals surface area contributed by atoms with E-state index >= 15 is 0 Å². The second-order valence-electron chi connectivity index (χ2n) is 4.43. The van der Waals surface area contributed by atoms with Crippen LogP contribution in [0.25, 0.3) is 0 Å². The van der Waals surface area contributed by atoms with Gasteiger partial charge >= 0.3 is 6.01 Å². The van der Waals surface area contributed by atoms with Crippen LogP contribution in [0.3, 0.4) is 0 Å². The van der Waals surface area contributed by atoms with Crippen LogP contribution in [0.4, 0.5) is 5.95 Å². The molecule has 1 aromatic heterocycles. The lowest BCUT2D eigenvalue weighted by Gasteiger charge is -2.11. The average molecular weight is 329 g/mol. The lowest BCUT2D eigenvalue weighted by molar-refractivity contribution is 0.438. The standard InChI is InChI=1S/C12H13ClN4O3S/c1-17(2)11-14-10(13)15-12(16-11)20-8-5-4-6-9(7-8)21(3,18)19/h4-7H,1-3H3. The van der Waals surface area contributed by atoms with Crippen molar-refractivity contribution in [1.82, 2.24) is 15.0 Å². The van der Waals surface area contributed by atoms with Crippen molar-refractivity contribution in [2.75, 3.05) is 25.3 Å². The van der Waals surface area contributed by atoms with Gasteiger partial charge in [0, 0.05) is 20.4 Å². The van der Waals surface area contributed by atoms with Crippen LogP contribution in [0, 0.1) is 0 Å². The SMILES string of the molecule is CN(C)c1nc(Cl)nc(Oc2cccc(S(C)(=O)=O)c2)n1. The van der Waals surface area contributed by atoms with Crippen molar-refractivity contribution in [2.24, 2.45) is 0 Å². The van der Waals surface area contributed by atoms with Gasteiger partial charge in [-0.3, -0.25) is 0 Å². The van der Waals surface area contributed by atoms with Gasteiger partial charge in [-0.2, -0.15) is 15.0 Å². The first kappa shape index (κ1) is 15.5. The Labute approximate surface area is 127 Å². The maximum absolute atomic E-state index is 11.5. The quantitative estimate of drug-likeness (QED) is 0.845. The molecule has 7 nitrogen and oxygen atoms in total. The molecule has 0 bridgehead atoms. The second kappa shape index (κ2) is 5.82. The van der Waals surface area contributed by atoms with Crippen LogP contribution in [-0.2, 0) is 9.84 Å². The van der Waals surface area contributed by atoms with Crippen LogP contribution >= 0.6 is 11.6 Å². The molecule has 112 valence electrons.